The van der Waals surface area contributed by atoms with Gasteiger partial charge in [0.05, 0.1) is 0 Å². The summed E-state index contributed by atoms with van der Waals surface area (Å²) in [4.78, 5) is 0. The molecule has 0 bridgehead atoms. The van der Waals surface area contributed by atoms with Crippen LogP contribution >= 0.6 is 15.9 Å². The van der Waals surface area contributed by atoms with Crippen molar-refractivity contribution in [2.45, 2.75) is 19.1 Å². The number of aliphatic hydroxyl groups is 1. The maximum absolute atomic E-state index is 10.5. The van der Waals surface area contributed by atoms with Gasteiger partial charge in [-0.1, -0.05) is 46.3 Å². The summed E-state index contributed by atoms with van der Waals surface area (Å²) in [6, 6.07) is 15.4. The third kappa shape index (κ3) is 4.30. The van der Waals surface area contributed by atoms with Crippen LogP contribution in [-0.2, 0) is 12.1 Å². The Bertz CT molecular complexity index is 585. The molecule has 0 saturated carbocycles. The first-order valence-electron chi connectivity index (χ1n) is 6.86. The van der Waals surface area contributed by atoms with Crippen LogP contribution in [0.25, 0.3) is 0 Å². The van der Waals surface area contributed by atoms with Gasteiger partial charge < -0.3 is 15.2 Å². The van der Waals surface area contributed by atoms with Gasteiger partial charge in [-0.2, -0.15) is 0 Å². The predicted molar refractivity (Wildman–Crippen MR) is 88.4 cm³/mol. The number of halogens is 1. The maximum atomic E-state index is 10.5. The Balaban J connectivity index is 2.07. The molecule has 0 amide bonds. The molecule has 1 atom stereocenters. The van der Waals surface area contributed by atoms with E-state index in [1.807, 2.05) is 55.6 Å². The average Bonchev–Trinajstić information content (AvgIpc) is 2.49. The molecule has 1 unspecified atom stereocenters. The van der Waals surface area contributed by atoms with E-state index in [2.05, 4.69) is 21.2 Å². The van der Waals surface area contributed by atoms with Gasteiger partial charge in [0, 0.05) is 11.0 Å². The van der Waals surface area contributed by atoms with E-state index in [0.717, 1.165) is 27.9 Å². The van der Waals surface area contributed by atoms with Crippen LogP contribution in [0.4, 0.5) is 0 Å². The van der Waals surface area contributed by atoms with Gasteiger partial charge in [-0.15, -0.1) is 0 Å². The van der Waals surface area contributed by atoms with Crippen molar-refractivity contribution < 1.29 is 9.84 Å². The molecule has 0 spiro atoms. The van der Waals surface area contributed by atoms with Crippen LogP contribution in [0.5, 0.6) is 5.75 Å². The van der Waals surface area contributed by atoms with Crippen molar-refractivity contribution in [2.75, 3.05) is 13.7 Å². The zero-order chi connectivity index (χ0) is 15.3. The minimum absolute atomic E-state index is 0.206. The molecule has 0 aliphatic carbocycles. The van der Waals surface area contributed by atoms with E-state index < -0.39 is 5.60 Å². The van der Waals surface area contributed by atoms with Crippen LogP contribution in [-0.4, -0.2) is 18.8 Å². The smallest absolute Gasteiger partial charge is 0.121 e. The highest BCUT2D eigenvalue weighted by molar-refractivity contribution is 9.10. The Hall–Kier alpha value is -1.36. The van der Waals surface area contributed by atoms with Crippen LogP contribution in [0.15, 0.2) is 53.0 Å². The van der Waals surface area contributed by atoms with Gasteiger partial charge >= 0.3 is 0 Å². The molecule has 0 fully saturated rings. The van der Waals surface area contributed by atoms with Crippen molar-refractivity contribution >= 4 is 15.9 Å². The van der Waals surface area contributed by atoms with Gasteiger partial charge in [0.1, 0.15) is 18.0 Å². The first-order chi connectivity index (χ1) is 10.0. The average molecular weight is 350 g/mol. The molecular formula is C17H20BrNO2. The number of nitrogens with one attached hydrogen (secondary N) is 1. The van der Waals surface area contributed by atoms with Crippen LogP contribution in [0, 0.1) is 0 Å². The molecule has 0 radical (unpaired) electrons. The van der Waals surface area contributed by atoms with Crippen molar-refractivity contribution in [2.24, 2.45) is 0 Å². The van der Waals surface area contributed by atoms with Gasteiger partial charge in [0.2, 0.25) is 0 Å². The third-order valence-electron chi connectivity index (χ3n) is 3.30. The molecule has 2 aromatic carbocycles. The molecule has 0 aliphatic heterocycles. The second-order valence-electron chi connectivity index (χ2n) is 5.21. The first-order valence-corrected chi connectivity index (χ1v) is 7.66. The molecule has 4 heteroatoms. The molecule has 21 heavy (non-hydrogen) atoms. The van der Waals surface area contributed by atoms with Crippen LogP contribution in [0.3, 0.4) is 0 Å². The van der Waals surface area contributed by atoms with E-state index in [4.69, 9.17) is 4.74 Å². The largest absolute Gasteiger partial charge is 0.490 e. The summed E-state index contributed by atoms with van der Waals surface area (Å²) in [5.74, 6) is 0.750. The SMILES string of the molecule is CNCc1cc(OCC(C)(O)c2ccccc2)ccc1Br. The van der Waals surface area contributed by atoms with Crippen molar-refractivity contribution in [3.8, 4) is 5.75 Å². The number of rotatable bonds is 6. The number of hydrogen-bond acceptors (Lipinski definition) is 3. The van der Waals surface area contributed by atoms with Crippen molar-refractivity contribution in [1.82, 2.24) is 5.32 Å². The first kappa shape index (κ1) is 16.0. The lowest BCUT2D eigenvalue weighted by molar-refractivity contribution is 0.00757. The fourth-order valence-electron chi connectivity index (χ4n) is 2.07. The normalized spacial score (nSPS) is 13.7. The summed E-state index contributed by atoms with van der Waals surface area (Å²) in [5, 5.41) is 13.6. The molecule has 2 aromatic rings. The molecule has 3 nitrogen and oxygen atoms in total. The predicted octanol–water partition coefficient (Wildman–Crippen LogP) is 3.46. The zero-order valence-corrected chi connectivity index (χ0v) is 13.9. The fraction of sp³-hybridized carbons (Fsp3) is 0.294. The quantitative estimate of drug-likeness (QED) is 0.839. The summed E-state index contributed by atoms with van der Waals surface area (Å²) in [6.45, 7) is 2.72. The molecule has 2 rings (SSSR count). The van der Waals surface area contributed by atoms with E-state index in [1.54, 1.807) is 6.92 Å². The Morgan fingerprint density at radius 3 is 2.57 bits per heavy atom. The summed E-state index contributed by atoms with van der Waals surface area (Å²) in [5.41, 5.74) is 0.948. The van der Waals surface area contributed by atoms with Gasteiger partial charge in [-0.25, -0.2) is 0 Å². The van der Waals surface area contributed by atoms with Crippen LogP contribution < -0.4 is 10.1 Å². The lowest BCUT2D eigenvalue weighted by atomic mass is 9.97. The lowest BCUT2D eigenvalue weighted by Gasteiger charge is -2.24. The maximum Gasteiger partial charge on any atom is 0.121 e. The Kier molecular flexibility index (Phi) is 5.39. The van der Waals surface area contributed by atoms with Crippen molar-refractivity contribution in [3.63, 3.8) is 0 Å². The van der Waals surface area contributed by atoms with E-state index in [9.17, 15) is 5.11 Å². The number of ether oxygens (including phenoxy) is 1. The van der Waals surface area contributed by atoms with Gasteiger partial charge in [-0.3, -0.25) is 0 Å². The highest BCUT2D eigenvalue weighted by atomic mass is 79.9. The fourth-order valence-corrected chi connectivity index (χ4v) is 2.46. The minimum Gasteiger partial charge on any atom is -0.490 e. The second kappa shape index (κ2) is 7.07. The number of hydrogen-bond donors (Lipinski definition) is 2. The van der Waals surface area contributed by atoms with Gasteiger partial charge in [0.25, 0.3) is 0 Å². The van der Waals surface area contributed by atoms with E-state index in [-0.39, 0.29) is 6.61 Å². The van der Waals surface area contributed by atoms with Gasteiger partial charge in [0.15, 0.2) is 0 Å². The van der Waals surface area contributed by atoms with Crippen LogP contribution in [0.2, 0.25) is 0 Å². The lowest BCUT2D eigenvalue weighted by Crippen LogP contribution is -2.29. The molecular weight excluding hydrogens is 330 g/mol. The summed E-state index contributed by atoms with van der Waals surface area (Å²) < 4.78 is 6.81. The monoisotopic (exact) mass is 349 g/mol. The van der Waals surface area contributed by atoms with E-state index >= 15 is 0 Å². The van der Waals surface area contributed by atoms with Crippen molar-refractivity contribution in [3.05, 3.63) is 64.1 Å². The van der Waals surface area contributed by atoms with E-state index in [0.29, 0.717) is 0 Å². The second-order valence-corrected chi connectivity index (χ2v) is 6.07. The third-order valence-corrected chi connectivity index (χ3v) is 4.07. The van der Waals surface area contributed by atoms with Crippen LogP contribution in [0.1, 0.15) is 18.1 Å². The number of benzene rings is 2. The Morgan fingerprint density at radius 1 is 1.19 bits per heavy atom. The summed E-state index contributed by atoms with van der Waals surface area (Å²) in [6.07, 6.45) is 0. The Morgan fingerprint density at radius 2 is 1.90 bits per heavy atom. The molecule has 0 saturated heterocycles. The Labute approximate surface area is 134 Å². The molecule has 112 valence electrons. The van der Waals surface area contributed by atoms with E-state index in [1.165, 1.54) is 0 Å². The molecule has 0 heterocycles. The van der Waals surface area contributed by atoms with Gasteiger partial charge in [-0.05, 0) is 43.3 Å². The standard InChI is InChI=1S/C17H20BrNO2/c1-17(20,14-6-4-3-5-7-14)12-21-15-8-9-16(18)13(10-15)11-19-2/h3-10,19-20H,11-12H2,1-2H3. The highest BCUT2D eigenvalue weighted by Crippen LogP contribution is 2.25. The summed E-state index contributed by atoms with van der Waals surface area (Å²) >= 11 is 3.51. The minimum atomic E-state index is -1.02. The molecule has 2 N–H and O–H groups in total. The van der Waals surface area contributed by atoms with Crippen molar-refractivity contribution in [1.29, 1.82) is 0 Å². The molecule has 0 aromatic heterocycles. The topological polar surface area (TPSA) is 41.5 Å². The highest BCUT2D eigenvalue weighted by Gasteiger charge is 2.23. The molecule has 0 aliphatic rings. The summed E-state index contributed by atoms with van der Waals surface area (Å²) in [7, 11) is 1.90. The zero-order valence-electron chi connectivity index (χ0n) is 12.3.